The second-order valence-corrected chi connectivity index (χ2v) is 7.37. The normalized spacial score (nSPS) is 22.3. The van der Waals surface area contributed by atoms with E-state index in [0.29, 0.717) is 6.42 Å². The van der Waals surface area contributed by atoms with Gasteiger partial charge in [0.05, 0.1) is 7.11 Å². The highest BCUT2D eigenvalue weighted by Gasteiger charge is 2.48. The minimum absolute atomic E-state index is 0.115. The standard InChI is InChI=1S/C21H25N3O2/c1-26-18-6-4-16(5-7-18)15-24-11-8-21(9-12-24)19(13-20(25)23-21)17-3-2-10-22-14-17/h2-7,10,14,19H,8-9,11-13,15H2,1H3,(H,23,25)/t19-/m0/s1. The van der Waals surface area contributed by atoms with Crippen LogP contribution in [0.1, 0.15) is 36.3 Å². The maximum Gasteiger partial charge on any atom is 0.221 e. The van der Waals surface area contributed by atoms with Gasteiger partial charge in [0.15, 0.2) is 0 Å². The molecule has 4 rings (SSSR count). The van der Waals surface area contributed by atoms with Gasteiger partial charge in [0.2, 0.25) is 5.91 Å². The fraction of sp³-hybridized carbons (Fsp3) is 0.429. The molecule has 2 aliphatic rings. The van der Waals surface area contributed by atoms with E-state index in [1.54, 1.807) is 13.3 Å². The molecular weight excluding hydrogens is 326 g/mol. The average Bonchev–Trinajstić information content (AvgIpc) is 3.01. The molecule has 2 aromatic rings. The van der Waals surface area contributed by atoms with E-state index in [1.165, 1.54) is 11.1 Å². The number of nitrogens with zero attached hydrogens (tertiary/aromatic N) is 2. The van der Waals surface area contributed by atoms with E-state index in [-0.39, 0.29) is 17.4 Å². The molecule has 26 heavy (non-hydrogen) atoms. The fourth-order valence-electron chi connectivity index (χ4n) is 4.39. The molecule has 0 unspecified atom stereocenters. The maximum atomic E-state index is 12.2. The second-order valence-electron chi connectivity index (χ2n) is 7.37. The molecule has 2 saturated heterocycles. The minimum atomic E-state index is -0.115. The van der Waals surface area contributed by atoms with E-state index in [1.807, 2.05) is 24.4 Å². The zero-order valence-electron chi connectivity index (χ0n) is 15.1. The van der Waals surface area contributed by atoms with Crippen molar-refractivity contribution in [3.05, 3.63) is 59.9 Å². The molecule has 3 heterocycles. The Bertz CT molecular complexity index is 753. The van der Waals surface area contributed by atoms with Gasteiger partial charge < -0.3 is 10.1 Å². The van der Waals surface area contributed by atoms with Gasteiger partial charge in [0.25, 0.3) is 0 Å². The lowest BCUT2D eigenvalue weighted by atomic mass is 9.74. The van der Waals surface area contributed by atoms with Crippen LogP contribution in [0.4, 0.5) is 0 Å². The molecule has 5 heteroatoms. The molecule has 1 amide bonds. The smallest absolute Gasteiger partial charge is 0.221 e. The number of methoxy groups -OCH3 is 1. The Labute approximate surface area is 154 Å². The van der Waals surface area contributed by atoms with Gasteiger partial charge in [-0.1, -0.05) is 18.2 Å². The van der Waals surface area contributed by atoms with Crippen LogP contribution in [-0.4, -0.2) is 41.5 Å². The van der Waals surface area contributed by atoms with Crippen LogP contribution in [0.25, 0.3) is 0 Å². The molecule has 2 fully saturated rings. The van der Waals surface area contributed by atoms with Crippen molar-refractivity contribution in [2.45, 2.75) is 37.3 Å². The number of rotatable bonds is 4. The third-order valence-corrected chi connectivity index (χ3v) is 5.85. The first-order chi connectivity index (χ1) is 12.7. The SMILES string of the molecule is COc1ccc(CN2CCC3(CC2)NC(=O)C[C@H]3c2cccnc2)cc1. The van der Waals surface area contributed by atoms with Crippen LogP contribution in [0.15, 0.2) is 48.8 Å². The Hall–Kier alpha value is -2.40. The maximum absolute atomic E-state index is 12.2. The zero-order chi connectivity index (χ0) is 18.0. The number of pyridine rings is 1. The van der Waals surface area contributed by atoms with E-state index in [2.05, 4.69) is 33.4 Å². The number of benzene rings is 1. The third-order valence-electron chi connectivity index (χ3n) is 5.85. The van der Waals surface area contributed by atoms with Crippen LogP contribution < -0.4 is 10.1 Å². The summed E-state index contributed by atoms with van der Waals surface area (Å²) >= 11 is 0. The van der Waals surface area contributed by atoms with Crippen molar-refractivity contribution < 1.29 is 9.53 Å². The lowest BCUT2D eigenvalue weighted by Crippen LogP contribution is -2.53. The van der Waals surface area contributed by atoms with Crippen LogP contribution >= 0.6 is 0 Å². The zero-order valence-corrected chi connectivity index (χ0v) is 15.1. The van der Waals surface area contributed by atoms with E-state index < -0.39 is 0 Å². The van der Waals surface area contributed by atoms with Crippen molar-refractivity contribution in [1.29, 1.82) is 0 Å². The Morgan fingerprint density at radius 2 is 2.00 bits per heavy atom. The lowest BCUT2D eigenvalue weighted by molar-refractivity contribution is -0.120. The van der Waals surface area contributed by atoms with Gasteiger partial charge in [-0.25, -0.2) is 0 Å². The van der Waals surface area contributed by atoms with Crippen molar-refractivity contribution >= 4 is 5.91 Å². The number of hydrogen-bond donors (Lipinski definition) is 1. The van der Waals surface area contributed by atoms with Gasteiger partial charge in [0.1, 0.15) is 5.75 Å². The number of hydrogen-bond acceptors (Lipinski definition) is 4. The monoisotopic (exact) mass is 351 g/mol. The summed E-state index contributed by atoms with van der Waals surface area (Å²) in [6, 6.07) is 12.3. The van der Waals surface area contributed by atoms with Gasteiger partial charge >= 0.3 is 0 Å². The van der Waals surface area contributed by atoms with Gasteiger partial charge in [-0.15, -0.1) is 0 Å². The van der Waals surface area contributed by atoms with E-state index in [4.69, 9.17) is 4.74 Å². The minimum Gasteiger partial charge on any atom is -0.497 e. The van der Waals surface area contributed by atoms with Gasteiger partial charge in [0, 0.05) is 49.9 Å². The summed E-state index contributed by atoms with van der Waals surface area (Å²) in [4.78, 5) is 18.9. The van der Waals surface area contributed by atoms with Crippen molar-refractivity contribution in [2.24, 2.45) is 0 Å². The molecular formula is C21H25N3O2. The predicted octanol–water partition coefficient (Wildman–Crippen LogP) is 2.73. The van der Waals surface area contributed by atoms with Crippen LogP contribution in [0.2, 0.25) is 0 Å². The Kier molecular flexibility index (Phi) is 4.64. The fourth-order valence-corrected chi connectivity index (χ4v) is 4.39. The Morgan fingerprint density at radius 1 is 1.23 bits per heavy atom. The average molecular weight is 351 g/mol. The Balaban J connectivity index is 1.43. The molecule has 0 saturated carbocycles. The highest BCUT2D eigenvalue weighted by atomic mass is 16.5. The van der Waals surface area contributed by atoms with Crippen molar-refractivity contribution in [1.82, 2.24) is 15.2 Å². The molecule has 0 radical (unpaired) electrons. The highest BCUT2D eigenvalue weighted by Crippen LogP contribution is 2.43. The molecule has 0 aliphatic carbocycles. The first kappa shape index (κ1) is 17.0. The van der Waals surface area contributed by atoms with Crippen molar-refractivity contribution in [3.8, 4) is 5.75 Å². The molecule has 1 spiro atoms. The third kappa shape index (κ3) is 3.31. The summed E-state index contributed by atoms with van der Waals surface area (Å²) < 4.78 is 5.23. The lowest BCUT2D eigenvalue weighted by Gasteiger charge is -2.43. The molecule has 5 nitrogen and oxygen atoms in total. The van der Waals surface area contributed by atoms with Crippen LogP contribution in [0.3, 0.4) is 0 Å². The number of nitrogens with one attached hydrogen (secondary N) is 1. The highest BCUT2D eigenvalue weighted by molar-refractivity contribution is 5.81. The summed E-state index contributed by atoms with van der Waals surface area (Å²) in [5.41, 5.74) is 2.35. The number of carbonyl (C=O) groups is 1. The molecule has 1 N–H and O–H groups in total. The summed E-state index contributed by atoms with van der Waals surface area (Å²) in [5.74, 6) is 1.29. The first-order valence-corrected chi connectivity index (χ1v) is 9.25. The number of likely N-dealkylation sites (tertiary alicyclic amines) is 1. The van der Waals surface area contributed by atoms with Gasteiger partial charge in [-0.3, -0.25) is 14.7 Å². The number of amides is 1. The molecule has 1 aromatic carbocycles. The largest absolute Gasteiger partial charge is 0.497 e. The van der Waals surface area contributed by atoms with Crippen LogP contribution in [0.5, 0.6) is 5.75 Å². The number of piperidine rings is 1. The predicted molar refractivity (Wildman–Crippen MR) is 100.0 cm³/mol. The van der Waals surface area contributed by atoms with Crippen molar-refractivity contribution in [2.75, 3.05) is 20.2 Å². The number of carbonyl (C=O) groups excluding carboxylic acids is 1. The summed E-state index contributed by atoms with van der Waals surface area (Å²) in [5, 5.41) is 3.31. The second kappa shape index (κ2) is 7.08. The van der Waals surface area contributed by atoms with Crippen LogP contribution in [-0.2, 0) is 11.3 Å². The van der Waals surface area contributed by atoms with Crippen LogP contribution in [0, 0.1) is 0 Å². The number of aromatic nitrogens is 1. The topological polar surface area (TPSA) is 54.5 Å². The summed E-state index contributed by atoms with van der Waals surface area (Å²) in [6.45, 7) is 2.91. The molecule has 1 atom stereocenters. The quantitative estimate of drug-likeness (QED) is 0.920. The summed E-state index contributed by atoms with van der Waals surface area (Å²) in [6.07, 6.45) is 6.24. The van der Waals surface area contributed by atoms with Gasteiger partial charge in [-0.05, 0) is 42.2 Å². The van der Waals surface area contributed by atoms with E-state index in [9.17, 15) is 4.79 Å². The van der Waals surface area contributed by atoms with Gasteiger partial charge in [-0.2, -0.15) is 0 Å². The summed E-state index contributed by atoms with van der Waals surface area (Å²) in [7, 11) is 1.69. The van der Waals surface area contributed by atoms with E-state index in [0.717, 1.165) is 38.2 Å². The van der Waals surface area contributed by atoms with E-state index >= 15 is 0 Å². The molecule has 2 aliphatic heterocycles. The molecule has 1 aromatic heterocycles. The first-order valence-electron chi connectivity index (χ1n) is 9.25. The molecule has 0 bridgehead atoms. The molecule has 136 valence electrons. The Morgan fingerprint density at radius 3 is 2.65 bits per heavy atom. The number of ether oxygens (including phenoxy) is 1. The van der Waals surface area contributed by atoms with Crippen molar-refractivity contribution in [3.63, 3.8) is 0 Å².